The number of nitrogens with zero attached hydrogens (tertiary/aromatic N) is 1. The number of aryl methyl sites for hydroxylation is 1. The lowest BCUT2D eigenvalue weighted by atomic mass is 10.2. The first-order valence-corrected chi connectivity index (χ1v) is 11.2. The van der Waals surface area contributed by atoms with Gasteiger partial charge in [-0.25, -0.2) is 12.8 Å². The van der Waals surface area contributed by atoms with E-state index in [4.69, 9.17) is 4.74 Å². The third kappa shape index (κ3) is 5.66. The molecule has 2 amide bonds. The summed E-state index contributed by atoms with van der Waals surface area (Å²) >= 11 is 0. The van der Waals surface area contributed by atoms with Crippen LogP contribution in [0.3, 0.4) is 0 Å². The summed E-state index contributed by atoms with van der Waals surface area (Å²) in [5.41, 5.74) is 1.11. The van der Waals surface area contributed by atoms with Crippen LogP contribution in [0.1, 0.15) is 17.5 Å². The smallest absolute Gasteiger partial charge is 0.309 e. The average Bonchev–Trinajstić information content (AvgIpc) is 2.76. The minimum Gasteiger partial charge on any atom is -0.360 e. The molecule has 8 nitrogen and oxygen atoms in total. The van der Waals surface area contributed by atoms with Gasteiger partial charge in [0.1, 0.15) is 12.0 Å². The molecule has 0 radical (unpaired) electrons. The van der Waals surface area contributed by atoms with Crippen molar-refractivity contribution in [3.05, 3.63) is 65.5 Å². The summed E-state index contributed by atoms with van der Waals surface area (Å²) < 4.78 is 46.3. The summed E-state index contributed by atoms with van der Waals surface area (Å²) in [5, 5.41) is 4.93. The number of benzene rings is 2. The van der Waals surface area contributed by atoms with Gasteiger partial charge in [0.25, 0.3) is 0 Å². The monoisotopic (exact) mass is 449 g/mol. The van der Waals surface area contributed by atoms with Gasteiger partial charge in [-0.2, -0.15) is 4.31 Å². The Morgan fingerprint density at radius 2 is 1.84 bits per heavy atom. The fraction of sp³-hybridized carbons (Fsp3) is 0.333. The number of halogens is 1. The third-order valence-corrected chi connectivity index (χ3v) is 6.87. The highest BCUT2D eigenvalue weighted by atomic mass is 32.2. The largest absolute Gasteiger partial charge is 0.360 e. The Morgan fingerprint density at radius 3 is 2.55 bits per heavy atom. The fourth-order valence-electron chi connectivity index (χ4n) is 3.25. The predicted octanol–water partition coefficient (Wildman–Crippen LogP) is 1.30. The van der Waals surface area contributed by atoms with Crippen LogP contribution in [0.15, 0.2) is 53.4 Å². The number of hydrogen-bond acceptors (Lipinski definition) is 5. The lowest BCUT2D eigenvalue weighted by molar-refractivity contribution is -0.140. The van der Waals surface area contributed by atoms with E-state index in [-0.39, 0.29) is 30.1 Å². The zero-order valence-electron chi connectivity index (χ0n) is 17.0. The second-order valence-electron chi connectivity index (χ2n) is 7.08. The van der Waals surface area contributed by atoms with E-state index >= 15 is 0 Å². The van der Waals surface area contributed by atoms with Crippen LogP contribution in [0.2, 0.25) is 0 Å². The number of nitrogens with one attached hydrogen (secondary N) is 2. The summed E-state index contributed by atoms with van der Waals surface area (Å²) in [4.78, 5) is 24.1. The fourth-order valence-corrected chi connectivity index (χ4v) is 5.02. The summed E-state index contributed by atoms with van der Waals surface area (Å²) in [7, 11) is -3.98. The van der Waals surface area contributed by atoms with E-state index in [1.54, 1.807) is 0 Å². The van der Waals surface area contributed by atoms with Crippen molar-refractivity contribution in [2.24, 2.45) is 0 Å². The van der Waals surface area contributed by atoms with E-state index in [2.05, 4.69) is 10.6 Å². The molecule has 166 valence electrons. The van der Waals surface area contributed by atoms with E-state index < -0.39 is 33.9 Å². The number of ether oxygens (including phenoxy) is 1. The maximum Gasteiger partial charge on any atom is 0.309 e. The molecular formula is C21H24FN3O5S. The van der Waals surface area contributed by atoms with Crippen molar-refractivity contribution < 1.29 is 27.1 Å². The second kappa shape index (κ2) is 9.99. The highest BCUT2D eigenvalue weighted by molar-refractivity contribution is 7.89. The van der Waals surface area contributed by atoms with Crippen molar-refractivity contribution in [1.82, 2.24) is 14.9 Å². The Hall–Kier alpha value is -2.82. The van der Waals surface area contributed by atoms with Crippen LogP contribution in [-0.4, -0.2) is 50.5 Å². The van der Waals surface area contributed by atoms with Crippen LogP contribution in [0.25, 0.3) is 0 Å². The van der Waals surface area contributed by atoms with Crippen LogP contribution < -0.4 is 10.6 Å². The van der Waals surface area contributed by atoms with Crippen LogP contribution in [0.4, 0.5) is 4.39 Å². The molecule has 1 heterocycles. The van der Waals surface area contributed by atoms with Crippen LogP contribution in [-0.2, 0) is 30.9 Å². The third-order valence-electron chi connectivity index (χ3n) is 4.82. The molecule has 10 heteroatoms. The molecule has 0 aromatic heterocycles. The van der Waals surface area contributed by atoms with Crippen molar-refractivity contribution in [2.75, 3.05) is 19.7 Å². The topological polar surface area (TPSA) is 105 Å². The van der Waals surface area contributed by atoms with E-state index in [9.17, 15) is 22.4 Å². The lowest BCUT2D eigenvalue weighted by Gasteiger charge is -2.34. The van der Waals surface area contributed by atoms with E-state index in [0.717, 1.165) is 22.0 Å². The Bertz CT molecular complexity index is 1050. The minimum atomic E-state index is -3.98. The summed E-state index contributed by atoms with van der Waals surface area (Å²) in [6.07, 6.45) is -0.504. The van der Waals surface area contributed by atoms with Gasteiger partial charge in [-0.05, 0) is 42.7 Å². The highest BCUT2D eigenvalue weighted by Gasteiger charge is 2.35. The number of amides is 2. The number of carbonyl (C=O) groups is 2. The maximum absolute atomic E-state index is 13.4. The number of carbonyl (C=O) groups excluding carboxylic acids is 2. The SMILES string of the molecule is Cc1cc(F)ccc1S(=O)(=O)N1CCCO[C@H]1CNC(=O)C(=O)NCc1ccccc1. The number of sulfonamides is 1. The molecule has 0 spiro atoms. The number of hydrogen-bond donors (Lipinski definition) is 2. The minimum absolute atomic E-state index is 0.0312. The zero-order chi connectivity index (χ0) is 22.4. The normalized spacial score (nSPS) is 17.2. The van der Waals surface area contributed by atoms with Gasteiger partial charge in [0, 0.05) is 13.1 Å². The predicted molar refractivity (Wildman–Crippen MR) is 111 cm³/mol. The maximum atomic E-state index is 13.4. The van der Waals surface area contributed by atoms with Crippen LogP contribution in [0, 0.1) is 12.7 Å². The van der Waals surface area contributed by atoms with Gasteiger partial charge in [-0.15, -0.1) is 0 Å². The van der Waals surface area contributed by atoms with Gasteiger partial charge >= 0.3 is 11.8 Å². The molecule has 1 aliphatic heterocycles. The molecule has 0 aliphatic carbocycles. The average molecular weight is 450 g/mol. The Morgan fingerprint density at radius 1 is 1.13 bits per heavy atom. The van der Waals surface area contributed by atoms with Crippen molar-refractivity contribution in [3.8, 4) is 0 Å². The van der Waals surface area contributed by atoms with Crippen molar-refractivity contribution in [3.63, 3.8) is 0 Å². The molecular weight excluding hydrogens is 425 g/mol. The summed E-state index contributed by atoms with van der Waals surface area (Å²) in [6.45, 7) is 2.00. The number of rotatable bonds is 6. The Kier molecular flexibility index (Phi) is 7.37. The molecule has 31 heavy (non-hydrogen) atoms. The summed E-state index contributed by atoms with van der Waals surface area (Å²) in [6, 6.07) is 12.5. The highest BCUT2D eigenvalue weighted by Crippen LogP contribution is 2.25. The molecule has 0 bridgehead atoms. The molecule has 2 aromatic carbocycles. The Labute approximate surface area is 180 Å². The van der Waals surface area contributed by atoms with Gasteiger partial charge in [0.2, 0.25) is 10.0 Å². The van der Waals surface area contributed by atoms with Crippen molar-refractivity contribution in [2.45, 2.75) is 31.0 Å². The molecule has 0 saturated carbocycles. The standard InChI is InChI=1S/C21H24FN3O5S/c1-15-12-17(22)8-9-18(15)31(28,29)25-10-5-11-30-19(25)14-24-21(27)20(26)23-13-16-6-3-2-4-7-16/h2-4,6-9,12,19H,5,10-11,13-14H2,1H3,(H,23,26)(H,24,27)/t19-/m0/s1. The Balaban J connectivity index is 1.62. The first kappa shape index (κ1) is 22.9. The van der Waals surface area contributed by atoms with Gasteiger partial charge in [-0.1, -0.05) is 30.3 Å². The van der Waals surface area contributed by atoms with Gasteiger partial charge in [-0.3, -0.25) is 9.59 Å². The van der Waals surface area contributed by atoms with Gasteiger partial charge < -0.3 is 15.4 Å². The molecule has 0 unspecified atom stereocenters. The molecule has 2 aromatic rings. The molecule has 2 N–H and O–H groups in total. The molecule has 3 rings (SSSR count). The van der Waals surface area contributed by atoms with E-state index in [0.29, 0.717) is 13.0 Å². The van der Waals surface area contributed by atoms with Gasteiger partial charge in [0.05, 0.1) is 18.0 Å². The second-order valence-corrected chi connectivity index (χ2v) is 8.94. The first-order valence-electron chi connectivity index (χ1n) is 9.78. The first-order chi connectivity index (χ1) is 14.8. The molecule has 1 aliphatic rings. The van der Waals surface area contributed by atoms with Crippen molar-refractivity contribution >= 4 is 21.8 Å². The zero-order valence-corrected chi connectivity index (χ0v) is 17.8. The van der Waals surface area contributed by atoms with Crippen LogP contribution >= 0.6 is 0 Å². The van der Waals surface area contributed by atoms with Gasteiger partial charge in [0.15, 0.2) is 0 Å². The van der Waals surface area contributed by atoms with E-state index in [1.807, 2.05) is 30.3 Å². The summed E-state index contributed by atoms with van der Waals surface area (Å²) in [5.74, 6) is -2.25. The van der Waals surface area contributed by atoms with Crippen molar-refractivity contribution in [1.29, 1.82) is 0 Å². The van der Waals surface area contributed by atoms with E-state index in [1.165, 1.54) is 13.0 Å². The molecule has 1 fully saturated rings. The molecule has 1 atom stereocenters. The van der Waals surface area contributed by atoms with Crippen LogP contribution in [0.5, 0.6) is 0 Å². The lowest BCUT2D eigenvalue weighted by Crippen LogP contribution is -2.53. The molecule has 1 saturated heterocycles. The quantitative estimate of drug-likeness (QED) is 0.647.